The Morgan fingerprint density at radius 2 is 2.11 bits per heavy atom. The molecule has 0 aliphatic carbocycles. The van der Waals surface area contributed by atoms with E-state index in [1.165, 1.54) is 6.07 Å². The minimum atomic E-state index is -0.751. The van der Waals surface area contributed by atoms with Crippen LogP contribution in [0.1, 0.15) is 30.7 Å². The van der Waals surface area contributed by atoms with Crippen molar-refractivity contribution in [1.82, 2.24) is 5.32 Å². The Hall–Kier alpha value is -1.22. The first kappa shape index (κ1) is 13.2. The number of benzene rings is 1. The fourth-order valence-corrected chi connectivity index (χ4v) is 2.64. The van der Waals surface area contributed by atoms with Gasteiger partial charge in [0.2, 0.25) is 0 Å². The maximum Gasteiger partial charge on any atom is 0.162 e. The van der Waals surface area contributed by atoms with Gasteiger partial charge in [-0.25, -0.2) is 8.78 Å². The maximum absolute atomic E-state index is 13.7. The topological polar surface area (TPSA) is 12.0 Å². The summed E-state index contributed by atoms with van der Waals surface area (Å²) in [6.07, 6.45) is 4.83. The summed E-state index contributed by atoms with van der Waals surface area (Å²) in [5.41, 5.74) is 0.502. The molecule has 2 atom stereocenters. The van der Waals surface area contributed by atoms with E-state index in [1.807, 2.05) is 6.08 Å². The number of rotatable bonds is 3. The van der Waals surface area contributed by atoms with Gasteiger partial charge in [0.05, 0.1) is 0 Å². The first-order valence-corrected chi connectivity index (χ1v) is 6.48. The highest BCUT2D eigenvalue weighted by molar-refractivity contribution is 5.23. The monoisotopic (exact) mass is 251 g/mol. The van der Waals surface area contributed by atoms with Gasteiger partial charge in [0, 0.05) is 6.54 Å². The summed E-state index contributed by atoms with van der Waals surface area (Å²) in [7, 11) is 0. The van der Waals surface area contributed by atoms with E-state index in [4.69, 9.17) is 0 Å². The molecule has 1 heterocycles. The molecule has 98 valence electrons. The number of allylic oxidation sites excluding steroid dienone is 1. The lowest BCUT2D eigenvalue weighted by molar-refractivity contribution is 0.468. The fraction of sp³-hybridized carbons (Fsp3) is 0.467. The van der Waals surface area contributed by atoms with Gasteiger partial charge in [-0.3, -0.25) is 0 Å². The maximum atomic E-state index is 13.7. The second-order valence-corrected chi connectivity index (χ2v) is 4.97. The van der Waals surface area contributed by atoms with Gasteiger partial charge in [0.25, 0.3) is 0 Å². The van der Waals surface area contributed by atoms with Crippen LogP contribution >= 0.6 is 0 Å². The van der Waals surface area contributed by atoms with Gasteiger partial charge < -0.3 is 5.32 Å². The zero-order valence-corrected chi connectivity index (χ0v) is 10.5. The second-order valence-electron chi connectivity index (χ2n) is 4.97. The molecule has 0 bridgehead atoms. The van der Waals surface area contributed by atoms with Crippen molar-refractivity contribution < 1.29 is 8.78 Å². The van der Waals surface area contributed by atoms with Gasteiger partial charge in [-0.05, 0) is 49.3 Å². The van der Waals surface area contributed by atoms with Crippen molar-refractivity contribution in [2.45, 2.75) is 25.2 Å². The van der Waals surface area contributed by atoms with Crippen LogP contribution in [0.25, 0.3) is 0 Å². The molecule has 0 radical (unpaired) electrons. The zero-order valence-electron chi connectivity index (χ0n) is 10.5. The van der Waals surface area contributed by atoms with Gasteiger partial charge in [-0.2, -0.15) is 0 Å². The van der Waals surface area contributed by atoms with E-state index in [9.17, 15) is 8.78 Å². The van der Waals surface area contributed by atoms with Crippen LogP contribution in [0.4, 0.5) is 8.78 Å². The molecule has 1 aliphatic heterocycles. The van der Waals surface area contributed by atoms with E-state index in [1.54, 1.807) is 12.1 Å². The second kappa shape index (κ2) is 6.10. The molecule has 0 spiro atoms. The van der Waals surface area contributed by atoms with Crippen LogP contribution in [-0.4, -0.2) is 13.1 Å². The summed E-state index contributed by atoms with van der Waals surface area (Å²) in [6.45, 7) is 5.40. The highest BCUT2D eigenvalue weighted by atomic mass is 19.2. The van der Waals surface area contributed by atoms with Crippen LogP contribution in [-0.2, 0) is 0 Å². The van der Waals surface area contributed by atoms with Crippen molar-refractivity contribution in [3.05, 3.63) is 48.1 Å². The lowest BCUT2D eigenvalue weighted by Gasteiger charge is -2.15. The van der Waals surface area contributed by atoms with Crippen LogP contribution in [0.15, 0.2) is 30.9 Å². The van der Waals surface area contributed by atoms with Crippen molar-refractivity contribution in [2.24, 2.45) is 5.92 Å². The molecule has 0 aromatic heterocycles. The Kier molecular flexibility index (Phi) is 4.48. The van der Waals surface area contributed by atoms with Crippen LogP contribution in [0.5, 0.6) is 0 Å². The predicted molar refractivity (Wildman–Crippen MR) is 69.5 cm³/mol. The van der Waals surface area contributed by atoms with E-state index >= 15 is 0 Å². The summed E-state index contributed by atoms with van der Waals surface area (Å²) in [6, 6.07) is 4.45. The van der Waals surface area contributed by atoms with E-state index < -0.39 is 11.6 Å². The SMILES string of the molecule is C=CC[C@@H]1CC[C@@H](c2cccc(F)c2F)CNC1. The Labute approximate surface area is 107 Å². The van der Waals surface area contributed by atoms with Gasteiger partial charge in [-0.15, -0.1) is 6.58 Å². The van der Waals surface area contributed by atoms with Crippen LogP contribution in [0, 0.1) is 17.6 Å². The number of hydrogen-bond acceptors (Lipinski definition) is 1. The van der Waals surface area contributed by atoms with E-state index in [0.29, 0.717) is 18.0 Å². The molecule has 1 nitrogen and oxygen atoms in total. The largest absolute Gasteiger partial charge is 0.316 e. The molecule has 2 rings (SSSR count). The Morgan fingerprint density at radius 3 is 2.89 bits per heavy atom. The molecule has 18 heavy (non-hydrogen) atoms. The molecule has 0 saturated carbocycles. The number of halogens is 2. The Balaban J connectivity index is 2.10. The summed E-state index contributed by atoms with van der Waals surface area (Å²) < 4.78 is 27.0. The average molecular weight is 251 g/mol. The van der Waals surface area contributed by atoms with Crippen molar-refractivity contribution in [3.63, 3.8) is 0 Å². The van der Waals surface area contributed by atoms with Crippen molar-refractivity contribution >= 4 is 0 Å². The highest BCUT2D eigenvalue weighted by Gasteiger charge is 2.22. The minimum Gasteiger partial charge on any atom is -0.316 e. The van der Waals surface area contributed by atoms with Crippen molar-refractivity contribution in [2.75, 3.05) is 13.1 Å². The molecular weight excluding hydrogens is 232 g/mol. The predicted octanol–water partition coefficient (Wildman–Crippen LogP) is 3.62. The van der Waals surface area contributed by atoms with Gasteiger partial charge in [0.15, 0.2) is 11.6 Å². The minimum absolute atomic E-state index is 0.0653. The van der Waals surface area contributed by atoms with Crippen LogP contribution < -0.4 is 5.32 Å². The molecule has 1 aliphatic rings. The smallest absolute Gasteiger partial charge is 0.162 e. The summed E-state index contributed by atoms with van der Waals surface area (Å²) in [5.74, 6) is -0.814. The van der Waals surface area contributed by atoms with Crippen molar-refractivity contribution in [1.29, 1.82) is 0 Å². The molecule has 1 N–H and O–H groups in total. The molecule has 1 saturated heterocycles. The molecule has 1 fully saturated rings. The van der Waals surface area contributed by atoms with E-state index in [-0.39, 0.29) is 5.92 Å². The molecular formula is C15H19F2N. The average Bonchev–Trinajstić information content (AvgIpc) is 2.59. The van der Waals surface area contributed by atoms with Gasteiger partial charge in [0.1, 0.15) is 0 Å². The Morgan fingerprint density at radius 1 is 1.28 bits per heavy atom. The third-order valence-corrected chi connectivity index (χ3v) is 3.67. The molecule has 0 amide bonds. The lowest BCUT2D eigenvalue weighted by atomic mass is 9.91. The van der Waals surface area contributed by atoms with E-state index in [2.05, 4.69) is 11.9 Å². The zero-order chi connectivity index (χ0) is 13.0. The normalized spacial score (nSPS) is 24.6. The highest BCUT2D eigenvalue weighted by Crippen LogP contribution is 2.29. The molecule has 0 unspecified atom stereocenters. The summed E-state index contributed by atoms with van der Waals surface area (Å²) in [4.78, 5) is 0. The van der Waals surface area contributed by atoms with E-state index in [0.717, 1.165) is 25.8 Å². The summed E-state index contributed by atoms with van der Waals surface area (Å²) >= 11 is 0. The first-order chi connectivity index (χ1) is 8.72. The number of nitrogens with one attached hydrogen (secondary N) is 1. The standard InChI is InChI=1S/C15H19F2N/c1-2-4-11-7-8-12(10-18-9-11)13-5-3-6-14(16)15(13)17/h2-3,5-6,11-12,18H,1,4,7-10H2/t11-,12-/m1/s1. The Bertz CT molecular complexity index is 417. The quantitative estimate of drug-likeness (QED) is 0.809. The summed E-state index contributed by atoms with van der Waals surface area (Å²) in [5, 5.41) is 3.34. The van der Waals surface area contributed by atoms with Crippen LogP contribution in [0.2, 0.25) is 0 Å². The molecule has 3 heteroatoms. The van der Waals surface area contributed by atoms with Crippen LogP contribution in [0.3, 0.4) is 0 Å². The molecule has 1 aromatic rings. The number of hydrogen-bond donors (Lipinski definition) is 1. The fourth-order valence-electron chi connectivity index (χ4n) is 2.64. The molecule has 1 aromatic carbocycles. The first-order valence-electron chi connectivity index (χ1n) is 6.48. The van der Waals surface area contributed by atoms with Gasteiger partial charge >= 0.3 is 0 Å². The third kappa shape index (κ3) is 2.96. The van der Waals surface area contributed by atoms with Gasteiger partial charge in [-0.1, -0.05) is 18.2 Å². The van der Waals surface area contributed by atoms with Crippen molar-refractivity contribution in [3.8, 4) is 0 Å². The third-order valence-electron chi connectivity index (χ3n) is 3.67. The lowest BCUT2D eigenvalue weighted by Crippen LogP contribution is -2.23.